The minimum Gasteiger partial charge on any atom is -0.481 e. The summed E-state index contributed by atoms with van der Waals surface area (Å²) in [5.41, 5.74) is 1.05. The molecule has 2 rings (SSSR count). The molecule has 0 spiro atoms. The third-order valence-corrected chi connectivity index (χ3v) is 3.83. The summed E-state index contributed by atoms with van der Waals surface area (Å²) >= 11 is 0. The predicted octanol–water partition coefficient (Wildman–Crippen LogP) is 2.46. The lowest BCUT2D eigenvalue weighted by molar-refractivity contribution is -0.142. The van der Waals surface area contributed by atoms with Crippen molar-refractivity contribution in [2.45, 2.75) is 46.0 Å². The fourth-order valence-electron chi connectivity index (χ4n) is 2.46. The number of piperidine rings is 1. The van der Waals surface area contributed by atoms with E-state index < -0.39 is 5.97 Å². The molecule has 1 fully saturated rings. The number of carboxylic acids is 1. The van der Waals surface area contributed by atoms with Gasteiger partial charge in [0.25, 0.3) is 0 Å². The van der Waals surface area contributed by atoms with Crippen LogP contribution in [0.3, 0.4) is 0 Å². The Hall–Kier alpha value is -1.65. The first-order valence-electron chi connectivity index (χ1n) is 7.36. The first-order valence-corrected chi connectivity index (χ1v) is 7.36. The summed E-state index contributed by atoms with van der Waals surface area (Å²) < 4.78 is 0. The van der Waals surface area contributed by atoms with Gasteiger partial charge >= 0.3 is 5.97 Å². The highest BCUT2D eigenvalue weighted by molar-refractivity contribution is 5.70. The van der Waals surface area contributed by atoms with E-state index in [4.69, 9.17) is 5.11 Å². The van der Waals surface area contributed by atoms with Gasteiger partial charge < -0.3 is 10.0 Å². The van der Waals surface area contributed by atoms with Crippen molar-refractivity contribution in [3.8, 4) is 0 Å². The van der Waals surface area contributed by atoms with Gasteiger partial charge in [0.2, 0.25) is 0 Å². The summed E-state index contributed by atoms with van der Waals surface area (Å²) in [5, 5.41) is 9.05. The molecule has 2 heterocycles. The van der Waals surface area contributed by atoms with Crippen LogP contribution in [0.1, 0.15) is 51.0 Å². The Bertz CT molecular complexity index is 480. The van der Waals surface area contributed by atoms with Crippen molar-refractivity contribution in [2.75, 3.05) is 18.0 Å². The van der Waals surface area contributed by atoms with Gasteiger partial charge in [0.05, 0.1) is 5.92 Å². The van der Waals surface area contributed by atoms with E-state index in [1.54, 1.807) is 0 Å². The van der Waals surface area contributed by atoms with E-state index in [0.717, 1.165) is 36.8 Å². The van der Waals surface area contributed by atoms with E-state index in [2.05, 4.69) is 35.6 Å². The van der Waals surface area contributed by atoms with Crippen LogP contribution in [0.2, 0.25) is 0 Å². The highest BCUT2D eigenvalue weighted by atomic mass is 16.4. The summed E-state index contributed by atoms with van der Waals surface area (Å²) in [6.07, 6.45) is 2.27. The van der Waals surface area contributed by atoms with Crippen molar-refractivity contribution in [3.05, 3.63) is 17.6 Å². The Kier molecular flexibility index (Phi) is 4.57. The van der Waals surface area contributed by atoms with Crippen LogP contribution in [0.4, 0.5) is 5.82 Å². The van der Waals surface area contributed by atoms with Gasteiger partial charge in [-0.05, 0) is 19.3 Å². The van der Waals surface area contributed by atoms with E-state index in [1.165, 1.54) is 0 Å². The number of rotatable bonds is 4. The summed E-state index contributed by atoms with van der Waals surface area (Å²) in [6, 6.07) is 2.03. The first kappa shape index (κ1) is 14.8. The second-order valence-corrected chi connectivity index (χ2v) is 5.68. The highest BCUT2D eigenvalue weighted by Gasteiger charge is 2.25. The van der Waals surface area contributed by atoms with Crippen molar-refractivity contribution in [1.29, 1.82) is 0 Å². The molecule has 1 saturated heterocycles. The van der Waals surface area contributed by atoms with Crippen molar-refractivity contribution < 1.29 is 9.90 Å². The zero-order chi connectivity index (χ0) is 14.7. The molecule has 0 aromatic carbocycles. The molecule has 0 unspecified atom stereocenters. The SMILES string of the molecule is CCc1cc(N2CCC(C(=O)O)CC2)nc(C(C)C)n1. The molecule has 0 bridgehead atoms. The monoisotopic (exact) mass is 277 g/mol. The van der Waals surface area contributed by atoms with E-state index in [1.807, 2.05) is 6.07 Å². The Morgan fingerprint density at radius 1 is 1.40 bits per heavy atom. The Morgan fingerprint density at radius 2 is 2.05 bits per heavy atom. The van der Waals surface area contributed by atoms with E-state index in [-0.39, 0.29) is 5.92 Å². The number of hydrogen-bond acceptors (Lipinski definition) is 4. The lowest BCUT2D eigenvalue weighted by Crippen LogP contribution is -2.37. The average molecular weight is 277 g/mol. The second-order valence-electron chi connectivity index (χ2n) is 5.68. The predicted molar refractivity (Wildman–Crippen MR) is 78.1 cm³/mol. The van der Waals surface area contributed by atoms with Crippen molar-refractivity contribution in [3.63, 3.8) is 0 Å². The lowest BCUT2D eigenvalue weighted by Gasteiger charge is -2.31. The molecule has 5 nitrogen and oxygen atoms in total. The molecule has 1 aliphatic heterocycles. The van der Waals surface area contributed by atoms with E-state index in [9.17, 15) is 4.79 Å². The minimum absolute atomic E-state index is 0.205. The minimum atomic E-state index is -0.676. The van der Waals surface area contributed by atoms with Crippen LogP contribution in [0.15, 0.2) is 6.07 Å². The van der Waals surface area contributed by atoms with Crippen LogP contribution in [0.25, 0.3) is 0 Å². The van der Waals surface area contributed by atoms with Crippen LogP contribution in [-0.4, -0.2) is 34.1 Å². The van der Waals surface area contributed by atoms with E-state index in [0.29, 0.717) is 18.8 Å². The highest BCUT2D eigenvalue weighted by Crippen LogP contribution is 2.24. The number of carbonyl (C=O) groups is 1. The van der Waals surface area contributed by atoms with E-state index >= 15 is 0 Å². The molecule has 0 saturated carbocycles. The quantitative estimate of drug-likeness (QED) is 0.915. The van der Waals surface area contributed by atoms with Crippen molar-refractivity contribution in [2.24, 2.45) is 5.92 Å². The molecule has 1 aliphatic rings. The Morgan fingerprint density at radius 3 is 2.55 bits per heavy atom. The summed E-state index contributed by atoms with van der Waals surface area (Å²) in [5.74, 6) is 1.24. The van der Waals surface area contributed by atoms with Gasteiger partial charge in [0, 0.05) is 30.8 Å². The molecular weight excluding hydrogens is 254 g/mol. The largest absolute Gasteiger partial charge is 0.481 e. The Labute approximate surface area is 120 Å². The molecule has 0 atom stereocenters. The molecule has 110 valence electrons. The van der Waals surface area contributed by atoms with Crippen LogP contribution in [-0.2, 0) is 11.2 Å². The van der Waals surface area contributed by atoms with Gasteiger partial charge in [-0.25, -0.2) is 9.97 Å². The van der Waals surface area contributed by atoms with Crippen molar-refractivity contribution in [1.82, 2.24) is 9.97 Å². The normalized spacial score (nSPS) is 16.7. The molecular formula is C15H23N3O2. The lowest BCUT2D eigenvalue weighted by atomic mass is 9.97. The molecule has 1 aromatic rings. The third-order valence-electron chi connectivity index (χ3n) is 3.83. The molecule has 5 heteroatoms. The van der Waals surface area contributed by atoms with Crippen LogP contribution in [0.5, 0.6) is 0 Å². The summed E-state index contributed by atoms with van der Waals surface area (Å²) in [7, 11) is 0. The Balaban J connectivity index is 2.16. The van der Waals surface area contributed by atoms with Gasteiger partial charge in [0.1, 0.15) is 11.6 Å². The van der Waals surface area contributed by atoms with Crippen LogP contribution < -0.4 is 4.90 Å². The number of nitrogens with zero attached hydrogens (tertiary/aromatic N) is 3. The van der Waals surface area contributed by atoms with Gasteiger partial charge in [-0.2, -0.15) is 0 Å². The maximum atomic E-state index is 11.0. The number of aryl methyl sites for hydroxylation is 1. The van der Waals surface area contributed by atoms with Crippen LogP contribution >= 0.6 is 0 Å². The number of anilines is 1. The topological polar surface area (TPSA) is 66.3 Å². The second kappa shape index (κ2) is 6.20. The molecule has 1 aromatic heterocycles. The first-order chi connectivity index (χ1) is 9.51. The molecule has 0 aliphatic carbocycles. The fraction of sp³-hybridized carbons (Fsp3) is 0.667. The maximum Gasteiger partial charge on any atom is 0.306 e. The molecule has 1 N–H and O–H groups in total. The summed E-state index contributed by atoms with van der Waals surface area (Å²) in [6.45, 7) is 7.79. The average Bonchev–Trinajstić information content (AvgIpc) is 2.46. The number of hydrogen-bond donors (Lipinski definition) is 1. The molecule has 0 amide bonds. The molecule has 20 heavy (non-hydrogen) atoms. The zero-order valence-corrected chi connectivity index (χ0v) is 12.5. The van der Waals surface area contributed by atoms with Crippen LogP contribution in [0, 0.1) is 5.92 Å². The number of carboxylic acid groups (broad SMARTS) is 1. The number of aromatic nitrogens is 2. The molecule has 0 radical (unpaired) electrons. The standard InChI is InChI=1S/C15H23N3O2/c1-4-12-9-13(17-14(16-12)10(2)3)18-7-5-11(6-8-18)15(19)20/h9-11H,4-8H2,1-3H3,(H,19,20). The zero-order valence-electron chi connectivity index (χ0n) is 12.5. The smallest absolute Gasteiger partial charge is 0.306 e. The fourth-order valence-corrected chi connectivity index (χ4v) is 2.46. The maximum absolute atomic E-state index is 11.0. The van der Waals surface area contributed by atoms with Crippen molar-refractivity contribution >= 4 is 11.8 Å². The number of aliphatic carboxylic acids is 1. The van der Waals surface area contributed by atoms with Gasteiger partial charge in [0.15, 0.2) is 0 Å². The van der Waals surface area contributed by atoms with Gasteiger partial charge in [-0.1, -0.05) is 20.8 Å². The van der Waals surface area contributed by atoms with Gasteiger partial charge in [-0.3, -0.25) is 4.79 Å². The summed E-state index contributed by atoms with van der Waals surface area (Å²) in [4.78, 5) is 22.4. The van der Waals surface area contributed by atoms with Gasteiger partial charge in [-0.15, -0.1) is 0 Å². The third kappa shape index (κ3) is 3.26.